The second kappa shape index (κ2) is 8.44. The number of fused-ring (bicyclic) bond motifs is 1. The number of nitrogens with zero attached hydrogens (tertiary/aromatic N) is 2. The number of para-hydroxylation sites is 2. The number of methoxy groups -OCH3 is 2. The van der Waals surface area contributed by atoms with Gasteiger partial charge in [0.1, 0.15) is 17.3 Å². The van der Waals surface area contributed by atoms with Crippen LogP contribution in [0.3, 0.4) is 0 Å². The standard InChI is InChI=1S/C22H24N4O4/c1-29-15-10-14(11-16(12-15)30-2)22(28)23-13-20(27)26-9-5-8-19(26)21-24-17-6-3-4-7-18(17)25-21/h3-4,6-7,10-12,19H,5,8-9,13H2,1-2H3,(H,23,28)(H,24,25). The van der Waals surface area contributed by atoms with Crippen molar-refractivity contribution in [2.75, 3.05) is 27.3 Å². The van der Waals surface area contributed by atoms with Gasteiger partial charge in [0.25, 0.3) is 5.91 Å². The van der Waals surface area contributed by atoms with Crippen molar-refractivity contribution in [1.82, 2.24) is 20.2 Å². The summed E-state index contributed by atoms with van der Waals surface area (Å²) in [6.45, 7) is 0.554. The number of aromatic amines is 1. The molecule has 8 heteroatoms. The van der Waals surface area contributed by atoms with Crippen molar-refractivity contribution in [2.45, 2.75) is 18.9 Å². The molecule has 156 valence electrons. The molecule has 0 radical (unpaired) electrons. The van der Waals surface area contributed by atoms with E-state index in [1.165, 1.54) is 14.2 Å². The second-order valence-corrected chi connectivity index (χ2v) is 7.17. The molecule has 3 aromatic rings. The third kappa shape index (κ3) is 3.94. The monoisotopic (exact) mass is 408 g/mol. The predicted octanol–water partition coefficient (Wildman–Crippen LogP) is 2.67. The highest BCUT2D eigenvalue weighted by molar-refractivity contribution is 5.97. The fourth-order valence-corrected chi connectivity index (χ4v) is 3.78. The van der Waals surface area contributed by atoms with E-state index in [-0.39, 0.29) is 24.4 Å². The van der Waals surface area contributed by atoms with Crippen LogP contribution in [-0.2, 0) is 4.79 Å². The number of hydrogen-bond donors (Lipinski definition) is 2. The first kappa shape index (κ1) is 19.8. The lowest BCUT2D eigenvalue weighted by atomic mass is 10.2. The Balaban J connectivity index is 1.43. The zero-order chi connectivity index (χ0) is 21.1. The van der Waals surface area contributed by atoms with E-state index in [2.05, 4.69) is 15.3 Å². The molecule has 30 heavy (non-hydrogen) atoms. The Kier molecular flexibility index (Phi) is 5.56. The highest BCUT2D eigenvalue weighted by Crippen LogP contribution is 2.31. The third-order valence-electron chi connectivity index (χ3n) is 5.31. The Hall–Kier alpha value is -3.55. The molecule has 8 nitrogen and oxygen atoms in total. The molecule has 0 bridgehead atoms. The minimum Gasteiger partial charge on any atom is -0.497 e. The summed E-state index contributed by atoms with van der Waals surface area (Å²) in [5.74, 6) is 1.30. The Morgan fingerprint density at radius 2 is 1.90 bits per heavy atom. The molecule has 1 atom stereocenters. The summed E-state index contributed by atoms with van der Waals surface area (Å²) in [7, 11) is 3.04. The number of H-pyrrole nitrogens is 1. The zero-order valence-electron chi connectivity index (χ0n) is 17.0. The van der Waals surface area contributed by atoms with Gasteiger partial charge in [-0.3, -0.25) is 9.59 Å². The molecule has 0 saturated carbocycles. The number of amides is 2. The predicted molar refractivity (Wildman–Crippen MR) is 112 cm³/mol. The third-order valence-corrected chi connectivity index (χ3v) is 5.31. The fraction of sp³-hybridized carbons (Fsp3) is 0.318. The van der Waals surface area contributed by atoms with E-state index in [1.807, 2.05) is 24.3 Å². The van der Waals surface area contributed by atoms with Gasteiger partial charge in [-0.2, -0.15) is 0 Å². The quantitative estimate of drug-likeness (QED) is 0.654. The van der Waals surface area contributed by atoms with Crippen molar-refractivity contribution in [1.29, 1.82) is 0 Å². The topological polar surface area (TPSA) is 96.5 Å². The van der Waals surface area contributed by atoms with Crippen LogP contribution < -0.4 is 14.8 Å². The van der Waals surface area contributed by atoms with Crippen LogP contribution in [0.4, 0.5) is 0 Å². The first-order valence-corrected chi connectivity index (χ1v) is 9.84. The summed E-state index contributed by atoms with van der Waals surface area (Å²) >= 11 is 0. The highest BCUT2D eigenvalue weighted by atomic mass is 16.5. The van der Waals surface area contributed by atoms with Crippen LogP contribution in [0.2, 0.25) is 0 Å². The molecule has 0 spiro atoms. The molecule has 0 aliphatic carbocycles. The van der Waals surface area contributed by atoms with Gasteiger partial charge in [0, 0.05) is 18.2 Å². The van der Waals surface area contributed by atoms with Gasteiger partial charge in [0.05, 0.1) is 37.8 Å². The van der Waals surface area contributed by atoms with E-state index in [0.717, 1.165) is 29.7 Å². The number of hydrogen-bond acceptors (Lipinski definition) is 5. The molecule has 4 rings (SSSR count). The van der Waals surface area contributed by atoms with Crippen molar-refractivity contribution >= 4 is 22.8 Å². The van der Waals surface area contributed by atoms with Crippen LogP contribution in [0.5, 0.6) is 11.5 Å². The number of aromatic nitrogens is 2. The number of likely N-dealkylation sites (tertiary alicyclic amines) is 1. The normalized spacial score (nSPS) is 15.9. The maximum Gasteiger partial charge on any atom is 0.251 e. The number of carbonyl (C=O) groups excluding carboxylic acids is 2. The summed E-state index contributed by atoms with van der Waals surface area (Å²) in [6.07, 6.45) is 1.74. The first-order valence-electron chi connectivity index (χ1n) is 9.84. The number of benzene rings is 2. The minimum absolute atomic E-state index is 0.0882. The van der Waals surface area contributed by atoms with Gasteiger partial charge in [-0.25, -0.2) is 4.98 Å². The van der Waals surface area contributed by atoms with Gasteiger partial charge in [0.15, 0.2) is 0 Å². The lowest BCUT2D eigenvalue weighted by Gasteiger charge is -2.23. The van der Waals surface area contributed by atoms with Crippen LogP contribution in [0, 0.1) is 0 Å². The first-order chi connectivity index (χ1) is 14.6. The Labute approximate surface area is 174 Å². The molecule has 2 amide bonds. The highest BCUT2D eigenvalue weighted by Gasteiger charge is 2.32. The minimum atomic E-state index is -0.361. The molecule has 1 aliphatic rings. The number of carbonyl (C=O) groups is 2. The van der Waals surface area contributed by atoms with Crippen molar-refractivity contribution in [3.05, 3.63) is 53.9 Å². The van der Waals surface area contributed by atoms with Crippen molar-refractivity contribution < 1.29 is 19.1 Å². The molecule has 1 aromatic heterocycles. The van der Waals surface area contributed by atoms with E-state index in [0.29, 0.717) is 23.6 Å². The van der Waals surface area contributed by atoms with E-state index >= 15 is 0 Å². The molecule has 1 aliphatic heterocycles. The van der Waals surface area contributed by atoms with Crippen molar-refractivity contribution in [2.24, 2.45) is 0 Å². The van der Waals surface area contributed by atoms with E-state index in [9.17, 15) is 9.59 Å². The molecule has 2 aromatic carbocycles. The molecular formula is C22H24N4O4. The second-order valence-electron chi connectivity index (χ2n) is 7.17. The molecule has 1 unspecified atom stereocenters. The summed E-state index contributed by atoms with van der Waals surface area (Å²) < 4.78 is 10.4. The van der Waals surface area contributed by atoms with Crippen LogP contribution in [-0.4, -0.2) is 54.0 Å². The Morgan fingerprint density at radius 3 is 2.60 bits per heavy atom. The van der Waals surface area contributed by atoms with Crippen molar-refractivity contribution in [3.63, 3.8) is 0 Å². The number of rotatable bonds is 6. The SMILES string of the molecule is COc1cc(OC)cc(C(=O)NCC(=O)N2CCCC2c2nc3ccccc3[nH]2)c1. The average Bonchev–Trinajstić information content (AvgIpc) is 3.43. The molecular weight excluding hydrogens is 384 g/mol. The fourth-order valence-electron chi connectivity index (χ4n) is 3.78. The Morgan fingerprint density at radius 1 is 1.17 bits per heavy atom. The maximum atomic E-state index is 12.8. The summed E-state index contributed by atoms with van der Waals surface area (Å²) in [6, 6.07) is 12.6. The van der Waals surface area contributed by atoms with Crippen LogP contribution in [0.25, 0.3) is 11.0 Å². The average molecular weight is 408 g/mol. The molecule has 1 saturated heterocycles. The summed E-state index contributed by atoms with van der Waals surface area (Å²) in [5, 5.41) is 2.70. The van der Waals surface area contributed by atoms with Gasteiger partial charge in [-0.15, -0.1) is 0 Å². The number of nitrogens with one attached hydrogen (secondary N) is 2. The van der Waals surface area contributed by atoms with E-state index < -0.39 is 0 Å². The Bertz CT molecular complexity index is 1020. The van der Waals surface area contributed by atoms with Crippen LogP contribution in [0.1, 0.15) is 35.1 Å². The van der Waals surface area contributed by atoms with E-state index in [4.69, 9.17) is 9.47 Å². The molecule has 2 N–H and O–H groups in total. The smallest absolute Gasteiger partial charge is 0.251 e. The maximum absolute atomic E-state index is 12.8. The van der Waals surface area contributed by atoms with Gasteiger partial charge in [-0.1, -0.05) is 12.1 Å². The van der Waals surface area contributed by atoms with Gasteiger partial charge in [-0.05, 0) is 37.1 Å². The van der Waals surface area contributed by atoms with Crippen LogP contribution >= 0.6 is 0 Å². The van der Waals surface area contributed by atoms with Gasteiger partial charge < -0.3 is 24.7 Å². The summed E-state index contributed by atoms with van der Waals surface area (Å²) in [5.41, 5.74) is 2.20. The lowest BCUT2D eigenvalue weighted by molar-refractivity contribution is -0.131. The van der Waals surface area contributed by atoms with Crippen molar-refractivity contribution in [3.8, 4) is 11.5 Å². The summed E-state index contributed by atoms with van der Waals surface area (Å²) in [4.78, 5) is 35.1. The molecule has 2 heterocycles. The van der Waals surface area contributed by atoms with Crippen LogP contribution in [0.15, 0.2) is 42.5 Å². The van der Waals surface area contributed by atoms with E-state index in [1.54, 1.807) is 23.1 Å². The molecule has 1 fully saturated rings. The van der Waals surface area contributed by atoms with Gasteiger partial charge in [0.2, 0.25) is 5.91 Å². The zero-order valence-corrected chi connectivity index (χ0v) is 17.0. The number of ether oxygens (including phenoxy) is 2. The lowest BCUT2D eigenvalue weighted by Crippen LogP contribution is -2.40. The largest absolute Gasteiger partial charge is 0.497 e. The number of imidazole rings is 1. The van der Waals surface area contributed by atoms with Gasteiger partial charge >= 0.3 is 0 Å².